The molecule has 1 fully saturated rings. The van der Waals surface area contributed by atoms with Gasteiger partial charge in [-0.05, 0) is 57.2 Å². The van der Waals surface area contributed by atoms with Crippen LogP contribution in [0.3, 0.4) is 0 Å². The van der Waals surface area contributed by atoms with Gasteiger partial charge in [0, 0.05) is 12.6 Å². The number of benzene rings is 1. The van der Waals surface area contributed by atoms with Crippen LogP contribution in [0.2, 0.25) is 0 Å². The van der Waals surface area contributed by atoms with Crippen molar-refractivity contribution in [1.29, 1.82) is 0 Å². The Morgan fingerprint density at radius 2 is 1.72 bits per heavy atom. The van der Waals surface area contributed by atoms with Crippen molar-refractivity contribution in [3.8, 4) is 5.75 Å². The number of aromatic hydroxyl groups is 1. The molecule has 36 heavy (non-hydrogen) atoms. The van der Waals surface area contributed by atoms with Gasteiger partial charge in [0.15, 0.2) is 0 Å². The lowest BCUT2D eigenvalue weighted by Crippen LogP contribution is -2.56. The van der Waals surface area contributed by atoms with Crippen LogP contribution in [0, 0.1) is 5.92 Å². The highest BCUT2D eigenvalue weighted by molar-refractivity contribution is 5.92. The van der Waals surface area contributed by atoms with Crippen LogP contribution in [0.5, 0.6) is 5.75 Å². The first kappa shape index (κ1) is 29.4. The second-order valence-electron chi connectivity index (χ2n) is 10.6. The molecule has 3 amide bonds. The van der Waals surface area contributed by atoms with E-state index < -0.39 is 29.7 Å². The summed E-state index contributed by atoms with van der Waals surface area (Å²) in [7, 11) is 0. The summed E-state index contributed by atoms with van der Waals surface area (Å²) in [6.07, 6.45) is 4.81. The molecule has 1 aliphatic rings. The third-order valence-electron chi connectivity index (χ3n) is 6.50. The lowest BCUT2D eigenvalue weighted by atomic mass is 9.93. The van der Waals surface area contributed by atoms with Crippen LogP contribution in [-0.2, 0) is 14.3 Å². The number of phenolic OH excluding ortho intramolecular Hbond substituents is 1. The Labute approximate surface area is 214 Å². The quantitative estimate of drug-likeness (QED) is 0.384. The van der Waals surface area contributed by atoms with E-state index in [-0.39, 0.29) is 36.8 Å². The van der Waals surface area contributed by atoms with Gasteiger partial charge in [0.2, 0.25) is 11.8 Å². The van der Waals surface area contributed by atoms with E-state index in [0.717, 1.165) is 32.1 Å². The number of aliphatic hydroxyl groups excluding tert-OH is 1. The maximum absolute atomic E-state index is 13.9. The van der Waals surface area contributed by atoms with E-state index >= 15 is 0 Å². The molecule has 1 saturated carbocycles. The molecule has 0 aromatic heterocycles. The number of alkyl carbamates (subject to hydrolysis) is 1. The predicted molar refractivity (Wildman–Crippen MR) is 137 cm³/mol. The molecular weight excluding hydrogens is 462 g/mol. The second-order valence-corrected chi connectivity index (χ2v) is 10.6. The monoisotopic (exact) mass is 505 g/mol. The highest BCUT2D eigenvalue weighted by Crippen LogP contribution is 2.27. The minimum absolute atomic E-state index is 0.0159. The molecule has 1 aliphatic carbocycles. The van der Waals surface area contributed by atoms with Gasteiger partial charge >= 0.3 is 6.09 Å². The number of amides is 3. The maximum Gasteiger partial charge on any atom is 0.408 e. The number of rotatable bonds is 10. The number of aliphatic hydroxyl groups is 1. The van der Waals surface area contributed by atoms with Gasteiger partial charge in [0.1, 0.15) is 23.4 Å². The van der Waals surface area contributed by atoms with Crippen LogP contribution >= 0.6 is 0 Å². The Hall–Kier alpha value is -2.81. The minimum Gasteiger partial charge on any atom is -0.508 e. The fourth-order valence-electron chi connectivity index (χ4n) is 4.43. The molecule has 3 unspecified atom stereocenters. The first-order valence-corrected chi connectivity index (χ1v) is 13.0. The van der Waals surface area contributed by atoms with Gasteiger partial charge < -0.3 is 30.5 Å². The standard InChI is InChI=1S/C27H43N3O6/c1-6-18(2)22(29-26(35)36-27(3,4)5)25(34)30(16-17-31)23(19-12-14-21(32)15-13-19)24(33)28-20-10-8-7-9-11-20/h12-15,18,20,22-23,31-32H,6-11,16-17H2,1-5H3,(H,28,33)(H,29,35). The van der Waals surface area contributed by atoms with Crippen LogP contribution in [0.4, 0.5) is 4.79 Å². The number of phenols is 1. The van der Waals surface area contributed by atoms with E-state index in [2.05, 4.69) is 10.6 Å². The van der Waals surface area contributed by atoms with Crippen LogP contribution in [0.15, 0.2) is 24.3 Å². The highest BCUT2D eigenvalue weighted by atomic mass is 16.6. The number of nitrogens with zero attached hydrogens (tertiary/aromatic N) is 1. The van der Waals surface area contributed by atoms with E-state index in [1.807, 2.05) is 13.8 Å². The molecule has 3 atom stereocenters. The molecule has 9 heteroatoms. The molecule has 0 aliphatic heterocycles. The van der Waals surface area contributed by atoms with E-state index in [4.69, 9.17) is 4.74 Å². The van der Waals surface area contributed by atoms with Crippen molar-refractivity contribution < 1.29 is 29.3 Å². The van der Waals surface area contributed by atoms with Crippen molar-refractivity contribution >= 4 is 17.9 Å². The molecule has 1 aromatic rings. The number of ether oxygens (including phenoxy) is 1. The number of carbonyl (C=O) groups excluding carboxylic acids is 3. The van der Waals surface area contributed by atoms with Crippen LogP contribution in [0.25, 0.3) is 0 Å². The van der Waals surface area contributed by atoms with Gasteiger partial charge in [-0.15, -0.1) is 0 Å². The van der Waals surface area contributed by atoms with E-state index in [9.17, 15) is 24.6 Å². The maximum atomic E-state index is 13.9. The summed E-state index contributed by atoms with van der Waals surface area (Å²) in [4.78, 5) is 41.5. The second kappa shape index (κ2) is 13.5. The van der Waals surface area contributed by atoms with Crippen LogP contribution in [0.1, 0.15) is 84.7 Å². The largest absolute Gasteiger partial charge is 0.508 e. The zero-order chi connectivity index (χ0) is 26.9. The zero-order valence-electron chi connectivity index (χ0n) is 22.3. The third kappa shape index (κ3) is 8.69. The van der Waals surface area contributed by atoms with Gasteiger partial charge in [-0.2, -0.15) is 0 Å². The van der Waals surface area contributed by atoms with Crippen LogP contribution < -0.4 is 10.6 Å². The Balaban J connectivity index is 2.42. The van der Waals surface area contributed by atoms with Crippen LogP contribution in [-0.4, -0.2) is 63.9 Å². The summed E-state index contributed by atoms with van der Waals surface area (Å²) >= 11 is 0. The summed E-state index contributed by atoms with van der Waals surface area (Å²) in [5.74, 6) is -1.06. The summed E-state index contributed by atoms with van der Waals surface area (Å²) in [5.41, 5.74) is -0.241. The molecule has 9 nitrogen and oxygen atoms in total. The number of nitrogens with one attached hydrogen (secondary N) is 2. The molecule has 0 bridgehead atoms. The average molecular weight is 506 g/mol. The number of hydrogen-bond donors (Lipinski definition) is 4. The Bertz CT molecular complexity index is 861. The Morgan fingerprint density at radius 3 is 2.25 bits per heavy atom. The molecule has 2 rings (SSSR count). The molecule has 0 spiro atoms. The molecule has 1 aromatic carbocycles. The van der Waals surface area contributed by atoms with Gasteiger partial charge in [-0.1, -0.05) is 51.7 Å². The van der Waals surface area contributed by atoms with Gasteiger partial charge in [0.25, 0.3) is 0 Å². The lowest BCUT2D eigenvalue weighted by molar-refractivity contribution is -0.144. The van der Waals surface area contributed by atoms with Gasteiger partial charge in [-0.25, -0.2) is 4.79 Å². The van der Waals surface area contributed by atoms with Crippen molar-refractivity contribution in [2.75, 3.05) is 13.2 Å². The average Bonchev–Trinajstić information content (AvgIpc) is 2.82. The van der Waals surface area contributed by atoms with E-state index in [1.54, 1.807) is 32.9 Å². The summed E-state index contributed by atoms with van der Waals surface area (Å²) in [6, 6.07) is 4.13. The summed E-state index contributed by atoms with van der Waals surface area (Å²) in [5, 5.41) is 25.4. The Morgan fingerprint density at radius 1 is 1.11 bits per heavy atom. The van der Waals surface area contributed by atoms with Gasteiger partial charge in [0.05, 0.1) is 6.61 Å². The van der Waals surface area contributed by atoms with Crippen molar-refractivity contribution in [3.63, 3.8) is 0 Å². The minimum atomic E-state index is -1.04. The normalized spacial score (nSPS) is 16.9. The number of carbonyl (C=O) groups is 3. The molecule has 0 saturated heterocycles. The third-order valence-corrected chi connectivity index (χ3v) is 6.50. The summed E-state index contributed by atoms with van der Waals surface area (Å²) in [6.45, 7) is 8.49. The molecular formula is C27H43N3O6. The van der Waals surface area contributed by atoms with Crippen molar-refractivity contribution in [1.82, 2.24) is 15.5 Å². The van der Waals surface area contributed by atoms with Crippen molar-refractivity contribution in [2.24, 2.45) is 5.92 Å². The smallest absolute Gasteiger partial charge is 0.408 e. The fraction of sp³-hybridized carbons (Fsp3) is 0.667. The Kier molecular flexibility index (Phi) is 11.0. The SMILES string of the molecule is CCC(C)C(NC(=O)OC(C)(C)C)C(=O)N(CCO)C(C(=O)NC1CCCCC1)c1ccc(O)cc1. The lowest BCUT2D eigenvalue weighted by Gasteiger charge is -2.36. The highest BCUT2D eigenvalue weighted by Gasteiger charge is 2.38. The molecule has 4 N–H and O–H groups in total. The predicted octanol–water partition coefficient (Wildman–Crippen LogP) is 3.64. The van der Waals surface area contributed by atoms with Gasteiger partial charge in [-0.3, -0.25) is 9.59 Å². The molecule has 0 heterocycles. The number of hydrogen-bond acceptors (Lipinski definition) is 6. The van der Waals surface area contributed by atoms with E-state index in [0.29, 0.717) is 12.0 Å². The van der Waals surface area contributed by atoms with E-state index in [1.165, 1.54) is 17.0 Å². The van der Waals surface area contributed by atoms with Crippen molar-refractivity contribution in [2.45, 2.75) is 96.9 Å². The molecule has 202 valence electrons. The first-order chi connectivity index (χ1) is 17.0. The summed E-state index contributed by atoms with van der Waals surface area (Å²) < 4.78 is 5.38. The fourth-order valence-corrected chi connectivity index (χ4v) is 4.43. The zero-order valence-corrected chi connectivity index (χ0v) is 22.3. The topological polar surface area (TPSA) is 128 Å². The first-order valence-electron chi connectivity index (χ1n) is 13.0. The molecule has 0 radical (unpaired) electrons. The van der Waals surface area contributed by atoms with Crippen molar-refractivity contribution in [3.05, 3.63) is 29.8 Å².